The number of methoxy groups -OCH3 is 1. The lowest BCUT2D eigenvalue weighted by atomic mass is 10.0. The van der Waals surface area contributed by atoms with Crippen LogP contribution in [0.3, 0.4) is 0 Å². The van der Waals surface area contributed by atoms with Crippen LogP contribution in [-0.4, -0.2) is 33.6 Å². The van der Waals surface area contributed by atoms with Gasteiger partial charge in [0, 0.05) is 27.9 Å². The molecule has 0 aliphatic heterocycles. The summed E-state index contributed by atoms with van der Waals surface area (Å²) < 4.78 is 6.76. The summed E-state index contributed by atoms with van der Waals surface area (Å²) in [6.07, 6.45) is 0. The molecule has 0 amide bonds. The predicted octanol–water partition coefficient (Wildman–Crippen LogP) is 4.58. The molecule has 0 aliphatic rings. The summed E-state index contributed by atoms with van der Waals surface area (Å²) in [7, 11) is 1.39. The molecule has 26 heavy (non-hydrogen) atoms. The number of aryl methyl sites for hydroxylation is 2. The first-order chi connectivity index (χ1) is 12.5. The highest BCUT2D eigenvalue weighted by atomic mass is 32.2. The molecule has 3 rings (SSSR count). The van der Waals surface area contributed by atoms with E-state index in [0.29, 0.717) is 0 Å². The van der Waals surface area contributed by atoms with Gasteiger partial charge in [-0.15, -0.1) is 21.5 Å². The summed E-state index contributed by atoms with van der Waals surface area (Å²) in [5, 5.41) is 11.6. The normalized spacial score (nSPS) is 10.9. The Labute approximate surface area is 161 Å². The zero-order valence-corrected chi connectivity index (χ0v) is 16.9. The van der Waals surface area contributed by atoms with E-state index in [9.17, 15) is 4.79 Å². The second kappa shape index (κ2) is 8.05. The van der Waals surface area contributed by atoms with Gasteiger partial charge >= 0.3 is 5.97 Å². The van der Waals surface area contributed by atoms with Crippen molar-refractivity contribution in [3.63, 3.8) is 0 Å². The Balaban J connectivity index is 2.01. The van der Waals surface area contributed by atoms with Crippen molar-refractivity contribution < 1.29 is 9.53 Å². The van der Waals surface area contributed by atoms with Gasteiger partial charge < -0.3 is 9.30 Å². The minimum atomic E-state index is -0.270. The summed E-state index contributed by atoms with van der Waals surface area (Å²) in [4.78, 5) is 12.7. The van der Waals surface area contributed by atoms with Gasteiger partial charge in [0.05, 0.1) is 12.9 Å². The second-order valence-electron chi connectivity index (χ2n) is 5.86. The van der Waals surface area contributed by atoms with Crippen LogP contribution in [0.5, 0.6) is 0 Å². The number of carbonyl (C=O) groups excluding carboxylic acids is 1. The van der Waals surface area contributed by atoms with Gasteiger partial charge in [-0.3, -0.25) is 4.79 Å². The number of rotatable bonds is 6. The van der Waals surface area contributed by atoms with E-state index >= 15 is 0 Å². The number of aromatic nitrogens is 3. The van der Waals surface area contributed by atoms with Crippen molar-refractivity contribution in [3.8, 4) is 22.5 Å². The van der Waals surface area contributed by atoms with E-state index in [2.05, 4.69) is 60.6 Å². The van der Waals surface area contributed by atoms with E-state index in [1.54, 1.807) is 11.3 Å². The smallest absolute Gasteiger partial charge is 0.316 e. The summed E-state index contributed by atoms with van der Waals surface area (Å²) in [6.45, 7) is 7.00. The van der Waals surface area contributed by atoms with Gasteiger partial charge in [-0.25, -0.2) is 0 Å². The molecule has 0 N–H and O–H groups in total. The van der Waals surface area contributed by atoms with Gasteiger partial charge in [0.15, 0.2) is 11.0 Å². The van der Waals surface area contributed by atoms with Crippen molar-refractivity contribution >= 4 is 29.1 Å². The van der Waals surface area contributed by atoms with Crippen LogP contribution in [0.15, 0.2) is 34.8 Å². The maximum absolute atomic E-state index is 11.4. The largest absolute Gasteiger partial charge is 0.468 e. The van der Waals surface area contributed by atoms with Crippen molar-refractivity contribution in [2.75, 3.05) is 12.9 Å². The van der Waals surface area contributed by atoms with E-state index in [4.69, 9.17) is 4.74 Å². The minimum absolute atomic E-state index is 0.224. The Morgan fingerprint density at radius 2 is 1.96 bits per heavy atom. The fraction of sp³-hybridized carbons (Fsp3) is 0.316. The number of esters is 1. The monoisotopic (exact) mass is 387 g/mol. The summed E-state index contributed by atoms with van der Waals surface area (Å²) in [5.74, 6) is 0.788. The Bertz CT molecular complexity index is 914. The molecule has 0 bridgehead atoms. The molecule has 0 radical (unpaired) electrons. The first kappa shape index (κ1) is 18.7. The first-order valence-corrected chi connectivity index (χ1v) is 10.2. The molecule has 2 heterocycles. The Morgan fingerprint density at radius 3 is 2.62 bits per heavy atom. The van der Waals surface area contributed by atoms with E-state index in [1.807, 2.05) is 4.57 Å². The molecule has 7 heteroatoms. The SMILES string of the molecule is CCn1c(SCC(=O)OC)nnc1-c1csc(C)c1-c1ccc(C)cc1. The van der Waals surface area contributed by atoms with Gasteiger partial charge in [-0.05, 0) is 26.3 Å². The number of hydrogen-bond acceptors (Lipinski definition) is 6. The van der Waals surface area contributed by atoms with E-state index in [0.717, 1.165) is 23.1 Å². The van der Waals surface area contributed by atoms with Crippen LogP contribution < -0.4 is 0 Å². The lowest BCUT2D eigenvalue weighted by Gasteiger charge is -2.09. The molecule has 0 saturated heterocycles. The molecule has 136 valence electrons. The number of carbonyl (C=O) groups is 1. The molecule has 0 spiro atoms. The molecule has 0 aliphatic carbocycles. The quantitative estimate of drug-likeness (QED) is 0.458. The topological polar surface area (TPSA) is 57.0 Å². The van der Waals surface area contributed by atoms with E-state index < -0.39 is 0 Å². The second-order valence-corrected chi connectivity index (χ2v) is 7.89. The van der Waals surface area contributed by atoms with Crippen LogP contribution in [0.2, 0.25) is 0 Å². The number of thiophene rings is 1. The van der Waals surface area contributed by atoms with E-state index in [-0.39, 0.29) is 11.7 Å². The summed E-state index contributed by atoms with van der Waals surface area (Å²) >= 11 is 3.06. The van der Waals surface area contributed by atoms with Crippen LogP contribution in [0, 0.1) is 13.8 Å². The summed E-state index contributed by atoms with van der Waals surface area (Å²) in [5.41, 5.74) is 4.69. The minimum Gasteiger partial charge on any atom is -0.468 e. The van der Waals surface area contributed by atoms with Crippen LogP contribution in [0.1, 0.15) is 17.4 Å². The third-order valence-corrected chi connectivity index (χ3v) is 5.99. The van der Waals surface area contributed by atoms with Crippen molar-refractivity contribution in [2.24, 2.45) is 0 Å². The molecular formula is C19H21N3O2S2. The Morgan fingerprint density at radius 1 is 1.23 bits per heavy atom. The van der Waals surface area contributed by atoms with Crippen LogP contribution >= 0.6 is 23.1 Å². The number of nitrogens with zero attached hydrogens (tertiary/aromatic N) is 3. The number of ether oxygens (including phenoxy) is 1. The Hall–Kier alpha value is -2.12. The molecule has 1 aromatic carbocycles. The molecule has 0 saturated carbocycles. The standard InChI is InChI=1S/C19H21N3O2S2/c1-5-22-18(20-21-19(22)26-11-16(23)24-4)15-10-25-13(3)17(15)14-8-6-12(2)7-9-14/h6-10H,5,11H2,1-4H3. The number of benzene rings is 1. The average molecular weight is 388 g/mol. The number of thioether (sulfide) groups is 1. The van der Waals surface area contributed by atoms with Crippen LogP contribution in [0.25, 0.3) is 22.5 Å². The lowest BCUT2D eigenvalue weighted by Crippen LogP contribution is -2.05. The zero-order valence-electron chi connectivity index (χ0n) is 15.3. The third-order valence-electron chi connectivity index (χ3n) is 4.14. The molecule has 0 atom stereocenters. The van der Waals surface area contributed by atoms with Gasteiger partial charge in [-0.1, -0.05) is 41.6 Å². The molecule has 5 nitrogen and oxygen atoms in total. The molecular weight excluding hydrogens is 366 g/mol. The zero-order chi connectivity index (χ0) is 18.7. The number of hydrogen-bond donors (Lipinski definition) is 0. The van der Waals surface area contributed by atoms with Crippen molar-refractivity contribution in [1.82, 2.24) is 14.8 Å². The molecule has 3 aromatic rings. The van der Waals surface area contributed by atoms with E-state index in [1.165, 1.54) is 40.4 Å². The van der Waals surface area contributed by atoms with Crippen molar-refractivity contribution in [3.05, 3.63) is 40.1 Å². The highest BCUT2D eigenvalue weighted by Crippen LogP contribution is 2.39. The highest BCUT2D eigenvalue weighted by molar-refractivity contribution is 7.99. The van der Waals surface area contributed by atoms with Gasteiger partial charge in [0.1, 0.15) is 0 Å². The molecule has 0 unspecified atom stereocenters. The highest BCUT2D eigenvalue weighted by Gasteiger charge is 2.20. The Kier molecular flexibility index (Phi) is 5.78. The van der Waals surface area contributed by atoms with Crippen molar-refractivity contribution in [1.29, 1.82) is 0 Å². The van der Waals surface area contributed by atoms with Crippen LogP contribution in [-0.2, 0) is 16.1 Å². The van der Waals surface area contributed by atoms with Gasteiger partial charge in [0.2, 0.25) is 0 Å². The maximum atomic E-state index is 11.4. The van der Waals surface area contributed by atoms with Crippen molar-refractivity contribution in [2.45, 2.75) is 32.5 Å². The fourth-order valence-electron chi connectivity index (χ4n) is 2.76. The fourth-order valence-corrected chi connectivity index (χ4v) is 4.46. The van der Waals surface area contributed by atoms with Gasteiger partial charge in [-0.2, -0.15) is 0 Å². The first-order valence-electron chi connectivity index (χ1n) is 8.33. The third kappa shape index (κ3) is 3.68. The lowest BCUT2D eigenvalue weighted by molar-refractivity contribution is -0.137. The predicted molar refractivity (Wildman–Crippen MR) is 107 cm³/mol. The average Bonchev–Trinajstić information content (AvgIpc) is 3.23. The molecule has 2 aromatic heterocycles. The maximum Gasteiger partial charge on any atom is 0.316 e. The molecule has 0 fully saturated rings. The van der Waals surface area contributed by atoms with Gasteiger partial charge in [0.25, 0.3) is 0 Å². The van der Waals surface area contributed by atoms with Crippen LogP contribution in [0.4, 0.5) is 0 Å². The summed E-state index contributed by atoms with van der Waals surface area (Å²) in [6, 6.07) is 8.54.